The third-order valence-electron chi connectivity index (χ3n) is 4.33. The molecule has 0 unspecified atom stereocenters. The van der Waals surface area contributed by atoms with Crippen molar-refractivity contribution in [3.8, 4) is 0 Å². The average molecular weight is 498 g/mol. The van der Waals surface area contributed by atoms with E-state index in [1.54, 1.807) is 42.6 Å². The van der Waals surface area contributed by atoms with Crippen molar-refractivity contribution >= 4 is 49.8 Å². The summed E-state index contributed by atoms with van der Waals surface area (Å²) in [5.41, 5.74) is 1.37. The van der Waals surface area contributed by atoms with E-state index in [0.717, 1.165) is 9.35 Å². The van der Waals surface area contributed by atoms with Crippen molar-refractivity contribution in [1.82, 2.24) is 9.38 Å². The maximum atomic E-state index is 12.5. The summed E-state index contributed by atoms with van der Waals surface area (Å²) in [5.74, 6) is -0.876. The summed E-state index contributed by atoms with van der Waals surface area (Å²) < 4.78 is 7.58. The van der Waals surface area contributed by atoms with E-state index in [2.05, 4.69) is 26.2 Å². The molecular weight excluding hydrogens is 482 g/mol. The minimum atomic E-state index is -0.581. The van der Waals surface area contributed by atoms with Gasteiger partial charge in [0.15, 0.2) is 4.96 Å². The molecule has 4 rings (SSSR count). The lowest BCUT2D eigenvalue weighted by Gasteiger charge is -2.08. The maximum Gasteiger partial charge on any atom is 0.338 e. The number of carbonyl (C=O) groups excluding carboxylic acids is 2. The number of hydrogen-bond acceptors (Lipinski definition) is 6. The Morgan fingerprint density at radius 1 is 1.13 bits per heavy atom. The molecule has 0 radical (unpaired) electrons. The van der Waals surface area contributed by atoms with Crippen molar-refractivity contribution in [3.63, 3.8) is 0 Å². The van der Waals surface area contributed by atoms with E-state index >= 15 is 0 Å². The number of thiazole rings is 1. The predicted octanol–water partition coefficient (Wildman–Crippen LogP) is 4.44. The number of carbonyl (C=O) groups is 2. The van der Waals surface area contributed by atoms with Gasteiger partial charge in [-0.3, -0.25) is 14.0 Å². The second-order valence-electron chi connectivity index (χ2n) is 6.70. The van der Waals surface area contributed by atoms with E-state index in [1.165, 1.54) is 27.9 Å². The minimum absolute atomic E-state index is 0.129. The van der Waals surface area contributed by atoms with Crippen molar-refractivity contribution in [2.45, 2.75) is 13.5 Å². The number of ether oxygens (including phenoxy) is 1. The molecule has 0 atom stereocenters. The van der Waals surface area contributed by atoms with Crippen molar-refractivity contribution in [2.75, 3.05) is 5.32 Å². The summed E-state index contributed by atoms with van der Waals surface area (Å²) in [4.78, 5) is 42.9. The highest BCUT2D eigenvalue weighted by molar-refractivity contribution is 9.10. The summed E-state index contributed by atoms with van der Waals surface area (Å²) in [6, 6.07) is 14.8. The number of esters is 1. The summed E-state index contributed by atoms with van der Waals surface area (Å²) >= 11 is 4.72. The van der Waals surface area contributed by atoms with Crippen LogP contribution in [-0.2, 0) is 11.3 Å². The van der Waals surface area contributed by atoms with E-state index in [-0.39, 0.29) is 23.6 Å². The van der Waals surface area contributed by atoms with Gasteiger partial charge in [-0.15, -0.1) is 11.3 Å². The topological polar surface area (TPSA) is 89.8 Å². The molecule has 0 fully saturated rings. The minimum Gasteiger partial charge on any atom is -0.456 e. The quantitative estimate of drug-likeness (QED) is 0.411. The van der Waals surface area contributed by atoms with E-state index < -0.39 is 5.97 Å². The Hall–Kier alpha value is -3.30. The van der Waals surface area contributed by atoms with Gasteiger partial charge in [0.1, 0.15) is 6.61 Å². The number of halogens is 1. The Labute approximate surface area is 189 Å². The van der Waals surface area contributed by atoms with Gasteiger partial charge in [0.2, 0.25) is 0 Å². The monoisotopic (exact) mass is 497 g/mol. The van der Waals surface area contributed by atoms with Gasteiger partial charge in [-0.05, 0) is 43.3 Å². The zero-order valence-corrected chi connectivity index (χ0v) is 18.7. The summed E-state index contributed by atoms with van der Waals surface area (Å²) in [7, 11) is 0. The van der Waals surface area contributed by atoms with Gasteiger partial charge in [-0.2, -0.15) is 0 Å². The fraction of sp³-hybridized carbons (Fsp3) is 0.0909. The van der Waals surface area contributed by atoms with E-state index in [9.17, 15) is 14.4 Å². The largest absolute Gasteiger partial charge is 0.456 e. The second kappa shape index (κ2) is 8.83. The lowest BCUT2D eigenvalue weighted by Crippen LogP contribution is -2.15. The van der Waals surface area contributed by atoms with Crippen LogP contribution in [0.15, 0.2) is 70.1 Å². The molecule has 0 spiro atoms. The molecule has 4 aromatic rings. The normalized spacial score (nSPS) is 10.8. The van der Waals surface area contributed by atoms with Gasteiger partial charge in [-0.1, -0.05) is 28.1 Å². The molecule has 1 N–H and O–H groups in total. The number of nitrogens with zero attached hydrogens (tertiary/aromatic N) is 2. The molecule has 0 aliphatic carbocycles. The van der Waals surface area contributed by atoms with E-state index in [0.29, 0.717) is 21.9 Å². The van der Waals surface area contributed by atoms with Crippen molar-refractivity contribution in [2.24, 2.45) is 0 Å². The third-order valence-corrected chi connectivity index (χ3v) is 5.72. The number of aromatic nitrogens is 2. The highest BCUT2D eigenvalue weighted by Gasteiger charge is 2.12. The average Bonchev–Trinajstić information content (AvgIpc) is 3.13. The summed E-state index contributed by atoms with van der Waals surface area (Å²) in [6.07, 6.45) is 1.72. The first-order chi connectivity index (χ1) is 14.9. The molecule has 0 bridgehead atoms. The maximum absolute atomic E-state index is 12.5. The molecule has 0 aliphatic heterocycles. The number of rotatable bonds is 5. The number of fused-ring (bicyclic) bond motifs is 1. The van der Waals surface area contributed by atoms with Crippen LogP contribution >= 0.6 is 27.3 Å². The van der Waals surface area contributed by atoms with Crippen LogP contribution in [-0.4, -0.2) is 21.3 Å². The van der Waals surface area contributed by atoms with E-state index in [1.807, 2.05) is 13.0 Å². The zero-order valence-electron chi connectivity index (χ0n) is 16.3. The van der Waals surface area contributed by atoms with Gasteiger partial charge in [-0.25, -0.2) is 9.78 Å². The van der Waals surface area contributed by atoms with Gasteiger partial charge in [0, 0.05) is 32.9 Å². The molecule has 2 heterocycles. The molecule has 2 aromatic carbocycles. The number of nitrogens with one attached hydrogen (secondary N) is 1. The standard InChI is InChI=1S/C22H16BrN3O4S/c1-13-11-26-19(27)10-18(25-22(26)31-13)12-30-21(29)15-5-3-7-17(9-15)24-20(28)14-4-2-6-16(23)8-14/h2-11H,12H2,1H3,(H,24,28). The van der Waals surface area contributed by atoms with Crippen LogP contribution < -0.4 is 10.9 Å². The van der Waals surface area contributed by atoms with Gasteiger partial charge in [0.25, 0.3) is 11.5 Å². The number of anilines is 1. The molecule has 0 saturated carbocycles. The van der Waals surface area contributed by atoms with Crippen molar-refractivity contribution < 1.29 is 14.3 Å². The molecule has 31 heavy (non-hydrogen) atoms. The molecule has 7 nitrogen and oxygen atoms in total. The Balaban J connectivity index is 1.44. The fourth-order valence-electron chi connectivity index (χ4n) is 2.91. The highest BCUT2D eigenvalue weighted by Crippen LogP contribution is 2.17. The Bertz CT molecular complexity index is 1360. The Morgan fingerprint density at radius 3 is 2.71 bits per heavy atom. The van der Waals surface area contributed by atoms with E-state index in [4.69, 9.17) is 4.74 Å². The third kappa shape index (κ3) is 4.89. The highest BCUT2D eigenvalue weighted by atomic mass is 79.9. The summed E-state index contributed by atoms with van der Waals surface area (Å²) in [5, 5.41) is 2.76. The molecule has 1 amide bonds. The van der Waals surface area contributed by atoms with Crippen LogP contribution in [0.1, 0.15) is 31.3 Å². The molecular formula is C22H16BrN3O4S. The first-order valence-electron chi connectivity index (χ1n) is 9.22. The van der Waals surface area contributed by atoms with Gasteiger partial charge >= 0.3 is 5.97 Å². The van der Waals surface area contributed by atoms with Crippen LogP contribution in [0.5, 0.6) is 0 Å². The molecule has 156 valence electrons. The number of aryl methyl sites for hydroxylation is 1. The lowest BCUT2D eigenvalue weighted by molar-refractivity contribution is 0.0467. The number of amides is 1. The summed E-state index contributed by atoms with van der Waals surface area (Å²) in [6.45, 7) is 1.76. The smallest absolute Gasteiger partial charge is 0.338 e. The van der Waals surface area contributed by atoms with Crippen molar-refractivity contribution in [1.29, 1.82) is 0 Å². The number of hydrogen-bond donors (Lipinski definition) is 1. The van der Waals surface area contributed by atoms with Crippen LogP contribution in [0.25, 0.3) is 4.96 Å². The molecule has 2 aromatic heterocycles. The lowest BCUT2D eigenvalue weighted by atomic mass is 10.1. The molecule has 9 heteroatoms. The zero-order chi connectivity index (χ0) is 22.0. The van der Waals surface area contributed by atoms with Gasteiger partial charge in [0.05, 0.1) is 11.3 Å². The predicted molar refractivity (Wildman–Crippen MR) is 122 cm³/mol. The second-order valence-corrected chi connectivity index (χ2v) is 8.83. The van der Waals surface area contributed by atoms with Crippen LogP contribution in [0.2, 0.25) is 0 Å². The fourth-order valence-corrected chi connectivity index (χ4v) is 4.16. The first kappa shape index (κ1) is 21.0. The van der Waals surface area contributed by atoms with Crippen LogP contribution in [0.4, 0.5) is 5.69 Å². The number of benzene rings is 2. The first-order valence-corrected chi connectivity index (χ1v) is 10.8. The van der Waals surface area contributed by atoms with Crippen molar-refractivity contribution in [3.05, 3.63) is 97.3 Å². The molecule has 0 saturated heterocycles. The van der Waals surface area contributed by atoms with Crippen LogP contribution in [0, 0.1) is 6.92 Å². The molecule has 0 aliphatic rings. The van der Waals surface area contributed by atoms with Gasteiger partial charge < -0.3 is 10.1 Å². The Kier molecular flexibility index (Phi) is 5.97. The van der Waals surface area contributed by atoms with Crippen LogP contribution in [0.3, 0.4) is 0 Å². The Morgan fingerprint density at radius 2 is 1.90 bits per heavy atom. The SMILES string of the molecule is Cc1cn2c(=O)cc(COC(=O)c3cccc(NC(=O)c4cccc(Br)c4)c3)nc2s1.